The molecular weight excluding hydrogens is 261 g/mol. The van der Waals surface area contributed by atoms with Crippen LogP contribution in [0.15, 0.2) is 48.5 Å². The van der Waals surface area contributed by atoms with E-state index >= 15 is 0 Å². The third-order valence-electron chi connectivity index (χ3n) is 3.53. The summed E-state index contributed by atoms with van der Waals surface area (Å²) in [6.45, 7) is 2.55. The van der Waals surface area contributed by atoms with Crippen molar-refractivity contribution in [1.29, 1.82) is 0 Å². The maximum atomic E-state index is 13.0. The maximum absolute atomic E-state index is 13.0. The average molecular weight is 278 g/mol. The number of rotatable bonds is 4. The lowest BCUT2D eigenvalue weighted by Gasteiger charge is -2.29. The van der Waals surface area contributed by atoms with E-state index in [2.05, 4.69) is 6.92 Å². The van der Waals surface area contributed by atoms with Gasteiger partial charge in [0.1, 0.15) is 5.82 Å². The van der Waals surface area contributed by atoms with Crippen LogP contribution >= 0.6 is 11.6 Å². The molecule has 1 nitrogen and oxygen atoms in total. The summed E-state index contributed by atoms with van der Waals surface area (Å²) in [6.07, 6.45) is 0.731. The first-order chi connectivity index (χ1) is 9.05. The fourth-order valence-corrected chi connectivity index (χ4v) is 2.41. The molecule has 0 fully saturated rings. The van der Waals surface area contributed by atoms with Gasteiger partial charge in [-0.2, -0.15) is 0 Å². The van der Waals surface area contributed by atoms with Crippen molar-refractivity contribution in [2.45, 2.75) is 18.8 Å². The molecule has 1 unspecified atom stereocenters. The van der Waals surface area contributed by atoms with Crippen LogP contribution in [-0.2, 0) is 11.8 Å². The minimum atomic E-state index is -0.251. The lowest BCUT2D eigenvalue weighted by molar-refractivity contribution is 0.479. The van der Waals surface area contributed by atoms with Gasteiger partial charge in [0.2, 0.25) is 0 Å². The highest BCUT2D eigenvalue weighted by molar-refractivity contribution is 6.31. The summed E-state index contributed by atoms with van der Waals surface area (Å²) in [5.41, 5.74) is 7.77. The second-order valence-electron chi connectivity index (χ2n) is 5.04. The first-order valence-electron chi connectivity index (χ1n) is 6.25. The second kappa shape index (κ2) is 5.72. The Bertz CT molecular complexity index is 553. The van der Waals surface area contributed by atoms with Crippen molar-refractivity contribution < 1.29 is 4.39 Å². The van der Waals surface area contributed by atoms with Gasteiger partial charge >= 0.3 is 0 Å². The molecule has 0 saturated heterocycles. The van der Waals surface area contributed by atoms with Crippen molar-refractivity contribution in [2.75, 3.05) is 6.54 Å². The molecule has 0 heterocycles. The minimum absolute atomic E-state index is 0.235. The van der Waals surface area contributed by atoms with Crippen molar-refractivity contribution in [3.8, 4) is 0 Å². The molecule has 0 spiro atoms. The summed E-state index contributed by atoms with van der Waals surface area (Å²) in [5.74, 6) is -0.235. The van der Waals surface area contributed by atoms with Crippen molar-refractivity contribution >= 4 is 11.6 Å². The zero-order valence-corrected chi connectivity index (χ0v) is 11.6. The van der Waals surface area contributed by atoms with Crippen molar-refractivity contribution in [2.24, 2.45) is 5.73 Å². The molecule has 0 aliphatic carbocycles. The van der Waals surface area contributed by atoms with Gasteiger partial charge in [0.15, 0.2) is 0 Å². The Morgan fingerprint density at radius 1 is 1.11 bits per heavy atom. The highest BCUT2D eigenvalue weighted by Gasteiger charge is 2.26. The zero-order valence-electron chi connectivity index (χ0n) is 10.9. The summed E-state index contributed by atoms with van der Waals surface area (Å²) < 4.78 is 13.0. The van der Waals surface area contributed by atoms with Gasteiger partial charge < -0.3 is 5.73 Å². The monoisotopic (exact) mass is 277 g/mol. The van der Waals surface area contributed by atoms with Crippen LogP contribution in [0.1, 0.15) is 18.1 Å². The normalized spacial score (nSPS) is 14.1. The Morgan fingerprint density at radius 2 is 1.74 bits per heavy atom. The highest BCUT2D eigenvalue weighted by atomic mass is 35.5. The Hall–Kier alpha value is -1.38. The lowest BCUT2D eigenvalue weighted by Crippen LogP contribution is -2.34. The largest absolute Gasteiger partial charge is 0.330 e. The molecule has 0 radical (unpaired) electrons. The number of benzene rings is 2. The predicted molar refractivity (Wildman–Crippen MR) is 78.0 cm³/mol. The first-order valence-corrected chi connectivity index (χ1v) is 6.62. The second-order valence-corrected chi connectivity index (χ2v) is 5.45. The molecule has 100 valence electrons. The lowest BCUT2D eigenvalue weighted by atomic mass is 9.77. The fraction of sp³-hybridized carbons (Fsp3) is 0.250. The van der Waals surface area contributed by atoms with E-state index in [1.54, 1.807) is 12.1 Å². The third-order valence-corrected chi connectivity index (χ3v) is 3.90. The first kappa shape index (κ1) is 14.0. The van der Waals surface area contributed by atoms with E-state index in [0.717, 1.165) is 22.6 Å². The summed E-state index contributed by atoms with van der Waals surface area (Å²) in [4.78, 5) is 0. The number of hydrogen-bond donors (Lipinski definition) is 1. The van der Waals surface area contributed by atoms with Gasteiger partial charge in [-0.1, -0.05) is 48.9 Å². The Labute approximate surface area is 118 Å². The van der Waals surface area contributed by atoms with Gasteiger partial charge in [-0.3, -0.25) is 0 Å². The van der Waals surface area contributed by atoms with Crippen LogP contribution in [0.2, 0.25) is 5.02 Å². The van der Waals surface area contributed by atoms with E-state index in [4.69, 9.17) is 17.3 Å². The molecule has 2 aromatic rings. The molecule has 2 aromatic carbocycles. The van der Waals surface area contributed by atoms with Gasteiger partial charge in [0.05, 0.1) is 0 Å². The molecule has 0 saturated carbocycles. The van der Waals surface area contributed by atoms with E-state index < -0.39 is 0 Å². The smallest absolute Gasteiger partial charge is 0.123 e. The van der Waals surface area contributed by atoms with Gasteiger partial charge in [-0.05, 0) is 35.7 Å². The molecule has 19 heavy (non-hydrogen) atoms. The molecule has 2 N–H and O–H groups in total. The van der Waals surface area contributed by atoms with E-state index in [1.807, 2.05) is 24.3 Å². The summed E-state index contributed by atoms with van der Waals surface area (Å²) in [7, 11) is 0. The topological polar surface area (TPSA) is 26.0 Å². The van der Waals surface area contributed by atoms with E-state index in [0.29, 0.717) is 6.54 Å². The van der Waals surface area contributed by atoms with Crippen LogP contribution in [0.3, 0.4) is 0 Å². The third kappa shape index (κ3) is 3.14. The summed E-state index contributed by atoms with van der Waals surface area (Å²) in [5, 5.41) is 0.740. The molecule has 0 aliphatic heterocycles. The van der Waals surface area contributed by atoms with Gasteiger partial charge in [0.25, 0.3) is 0 Å². The van der Waals surface area contributed by atoms with Crippen LogP contribution in [0.4, 0.5) is 4.39 Å². The van der Waals surface area contributed by atoms with E-state index in [-0.39, 0.29) is 11.2 Å². The van der Waals surface area contributed by atoms with Crippen molar-refractivity contribution in [3.63, 3.8) is 0 Å². The quantitative estimate of drug-likeness (QED) is 0.900. The molecule has 2 rings (SSSR count). The van der Waals surface area contributed by atoms with Crippen LogP contribution in [0.5, 0.6) is 0 Å². The maximum Gasteiger partial charge on any atom is 0.123 e. The number of nitrogens with two attached hydrogens (primary N) is 1. The van der Waals surface area contributed by atoms with Gasteiger partial charge in [-0.25, -0.2) is 4.39 Å². The number of hydrogen-bond acceptors (Lipinski definition) is 1. The zero-order chi connectivity index (χ0) is 13.9. The molecule has 0 bridgehead atoms. The molecular formula is C16H17ClFN. The van der Waals surface area contributed by atoms with Gasteiger partial charge in [0, 0.05) is 17.0 Å². The fourth-order valence-electron chi connectivity index (χ4n) is 2.21. The highest BCUT2D eigenvalue weighted by Crippen LogP contribution is 2.30. The van der Waals surface area contributed by atoms with Gasteiger partial charge in [-0.15, -0.1) is 0 Å². The van der Waals surface area contributed by atoms with Crippen LogP contribution in [0, 0.1) is 5.82 Å². The Morgan fingerprint density at radius 3 is 2.32 bits per heavy atom. The molecule has 0 amide bonds. The Kier molecular flexibility index (Phi) is 4.23. The minimum Gasteiger partial charge on any atom is -0.330 e. The number of halogens is 2. The molecule has 1 atom stereocenters. The van der Waals surface area contributed by atoms with Crippen molar-refractivity contribution in [3.05, 3.63) is 70.5 Å². The summed E-state index contributed by atoms with van der Waals surface area (Å²) in [6, 6.07) is 14.3. The van der Waals surface area contributed by atoms with Crippen LogP contribution in [-0.4, -0.2) is 6.54 Å². The molecule has 0 aliphatic rings. The van der Waals surface area contributed by atoms with Crippen LogP contribution < -0.4 is 5.73 Å². The molecule has 3 heteroatoms. The Balaban J connectivity index is 2.33. The van der Waals surface area contributed by atoms with Crippen LogP contribution in [0.25, 0.3) is 0 Å². The standard InChI is InChI=1S/C16H17ClFN/c1-16(11-19,13-6-8-14(18)9-7-13)10-12-4-2-3-5-15(12)17/h2-9H,10-11,19H2,1H3. The summed E-state index contributed by atoms with van der Waals surface area (Å²) >= 11 is 6.20. The van der Waals surface area contributed by atoms with E-state index in [9.17, 15) is 4.39 Å². The molecule has 0 aromatic heterocycles. The average Bonchev–Trinajstić information content (AvgIpc) is 2.42. The predicted octanol–water partition coefficient (Wildman–Crippen LogP) is 3.94. The van der Waals surface area contributed by atoms with E-state index in [1.165, 1.54) is 12.1 Å². The van der Waals surface area contributed by atoms with Crippen molar-refractivity contribution in [1.82, 2.24) is 0 Å². The SMILES string of the molecule is CC(CN)(Cc1ccccc1Cl)c1ccc(F)cc1.